The van der Waals surface area contributed by atoms with Crippen molar-refractivity contribution in [2.75, 3.05) is 13.2 Å². The molecule has 0 spiro atoms. The van der Waals surface area contributed by atoms with Crippen LogP contribution < -0.4 is 0 Å². The van der Waals surface area contributed by atoms with Gasteiger partial charge in [0.05, 0.1) is 17.6 Å². The highest BCUT2D eigenvalue weighted by Gasteiger charge is 2.18. The Labute approximate surface area is 111 Å². The van der Waals surface area contributed by atoms with Crippen LogP contribution in [0.1, 0.15) is 18.7 Å². The first-order valence-corrected chi connectivity index (χ1v) is 6.85. The number of ether oxygens (including phenoxy) is 1. The number of imidazole rings is 1. The molecule has 2 aromatic heterocycles. The van der Waals surface area contributed by atoms with Gasteiger partial charge in [-0.25, -0.2) is 4.98 Å². The van der Waals surface area contributed by atoms with Gasteiger partial charge in [-0.2, -0.15) is 0 Å². The van der Waals surface area contributed by atoms with E-state index in [9.17, 15) is 0 Å². The van der Waals surface area contributed by atoms with Gasteiger partial charge in [0.25, 0.3) is 0 Å². The number of rotatable bonds is 3. The van der Waals surface area contributed by atoms with Gasteiger partial charge in [-0.1, -0.05) is 0 Å². The quantitative estimate of drug-likeness (QED) is 0.801. The lowest BCUT2D eigenvalue weighted by Crippen LogP contribution is -2.21. The van der Waals surface area contributed by atoms with E-state index in [1.807, 2.05) is 12.3 Å². The Morgan fingerprint density at radius 2 is 2.22 bits per heavy atom. The van der Waals surface area contributed by atoms with Gasteiger partial charge < -0.3 is 9.30 Å². The summed E-state index contributed by atoms with van der Waals surface area (Å²) in [6, 6.07) is 2.01. The highest BCUT2D eigenvalue weighted by atomic mass is 35.5. The van der Waals surface area contributed by atoms with Crippen LogP contribution in [0.3, 0.4) is 0 Å². The molecule has 0 N–H and O–H groups in total. The summed E-state index contributed by atoms with van der Waals surface area (Å²) < 4.78 is 7.64. The van der Waals surface area contributed by atoms with Gasteiger partial charge in [-0.15, -0.1) is 11.6 Å². The molecule has 4 nitrogen and oxygen atoms in total. The molecular formula is C13H16ClN3O. The molecular weight excluding hydrogens is 250 g/mol. The molecule has 1 aliphatic heterocycles. The van der Waals surface area contributed by atoms with E-state index in [1.54, 1.807) is 6.20 Å². The fraction of sp³-hybridized carbons (Fsp3) is 0.538. The summed E-state index contributed by atoms with van der Waals surface area (Å²) in [5.41, 5.74) is 2.06. The summed E-state index contributed by atoms with van der Waals surface area (Å²) in [6.45, 7) is 2.72. The van der Waals surface area contributed by atoms with E-state index in [4.69, 9.17) is 16.3 Å². The van der Waals surface area contributed by atoms with E-state index in [0.717, 1.165) is 49.5 Å². The third-order valence-corrected chi connectivity index (χ3v) is 3.77. The molecule has 0 radical (unpaired) electrons. The lowest BCUT2D eigenvalue weighted by molar-refractivity contribution is 0.0614. The molecule has 2 aromatic rings. The Hall–Kier alpha value is -1.13. The van der Waals surface area contributed by atoms with Gasteiger partial charge >= 0.3 is 0 Å². The maximum atomic E-state index is 5.99. The number of fused-ring (bicyclic) bond motifs is 1. The Balaban J connectivity index is 1.93. The lowest BCUT2D eigenvalue weighted by atomic mass is 10.0. The minimum Gasteiger partial charge on any atom is -0.381 e. The highest BCUT2D eigenvalue weighted by molar-refractivity contribution is 6.16. The van der Waals surface area contributed by atoms with Gasteiger partial charge in [0.15, 0.2) is 0 Å². The fourth-order valence-corrected chi connectivity index (χ4v) is 2.73. The molecule has 3 rings (SSSR count). The standard InChI is InChI=1S/C13H16ClN3O/c14-7-13-16-11-8-15-4-1-12(11)17(13)9-10-2-5-18-6-3-10/h1,4,8,10H,2-3,5-7,9H2. The van der Waals surface area contributed by atoms with Crippen LogP contribution in [0.15, 0.2) is 18.5 Å². The van der Waals surface area contributed by atoms with Crippen LogP contribution in [-0.4, -0.2) is 27.7 Å². The van der Waals surface area contributed by atoms with E-state index < -0.39 is 0 Å². The second-order valence-corrected chi connectivity index (χ2v) is 4.96. The first kappa shape index (κ1) is 11.9. The second kappa shape index (κ2) is 5.24. The number of halogens is 1. The average Bonchev–Trinajstić information content (AvgIpc) is 2.78. The largest absolute Gasteiger partial charge is 0.381 e. The minimum atomic E-state index is 0.442. The van der Waals surface area contributed by atoms with Crippen molar-refractivity contribution in [3.63, 3.8) is 0 Å². The zero-order chi connectivity index (χ0) is 12.4. The van der Waals surface area contributed by atoms with Crippen molar-refractivity contribution >= 4 is 22.6 Å². The molecule has 0 aliphatic carbocycles. The van der Waals surface area contributed by atoms with Crippen LogP contribution in [0.25, 0.3) is 11.0 Å². The fourth-order valence-electron chi connectivity index (χ4n) is 2.52. The molecule has 0 aromatic carbocycles. The van der Waals surface area contributed by atoms with Gasteiger partial charge in [-0.05, 0) is 24.8 Å². The van der Waals surface area contributed by atoms with E-state index in [1.165, 1.54) is 0 Å². The molecule has 3 heterocycles. The van der Waals surface area contributed by atoms with Crippen LogP contribution in [0, 0.1) is 5.92 Å². The molecule has 5 heteroatoms. The van der Waals surface area contributed by atoms with Crippen molar-refractivity contribution in [2.45, 2.75) is 25.3 Å². The van der Waals surface area contributed by atoms with Crippen molar-refractivity contribution in [3.05, 3.63) is 24.3 Å². The van der Waals surface area contributed by atoms with Gasteiger partial charge in [0, 0.05) is 26.0 Å². The monoisotopic (exact) mass is 265 g/mol. The van der Waals surface area contributed by atoms with Gasteiger partial charge in [0.1, 0.15) is 11.3 Å². The SMILES string of the molecule is ClCc1nc2cnccc2n1CC1CCOCC1. The third kappa shape index (κ3) is 2.22. The van der Waals surface area contributed by atoms with E-state index in [0.29, 0.717) is 11.8 Å². The van der Waals surface area contributed by atoms with E-state index in [2.05, 4.69) is 14.5 Å². The summed E-state index contributed by atoms with van der Waals surface area (Å²) in [5.74, 6) is 2.04. The molecule has 1 saturated heterocycles. The van der Waals surface area contributed by atoms with E-state index >= 15 is 0 Å². The van der Waals surface area contributed by atoms with Gasteiger partial charge in [0.2, 0.25) is 0 Å². The molecule has 0 unspecified atom stereocenters. The number of nitrogens with zero attached hydrogens (tertiary/aromatic N) is 3. The molecule has 1 fully saturated rings. The van der Waals surface area contributed by atoms with Crippen molar-refractivity contribution in [1.82, 2.24) is 14.5 Å². The molecule has 0 atom stereocenters. The van der Waals surface area contributed by atoms with E-state index in [-0.39, 0.29) is 0 Å². The van der Waals surface area contributed by atoms with Crippen LogP contribution in [0.5, 0.6) is 0 Å². The van der Waals surface area contributed by atoms with Crippen LogP contribution >= 0.6 is 11.6 Å². The topological polar surface area (TPSA) is 39.9 Å². The summed E-state index contributed by atoms with van der Waals surface area (Å²) in [7, 11) is 0. The van der Waals surface area contributed by atoms with Crippen molar-refractivity contribution in [2.24, 2.45) is 5.92 Å². The summed E-state index contributed by atoms with van der Waals surface area (Å²) in [6.07, 6.45) is 5.84. The lowest BCUT2D eigenvalue weighted by Gasteiger charge is -2.23. The Bertz CT molecular complexity index is 534. The third-order valence-electron chi connectivity index (χ3n) is 3.53. The normalized spacial score (nSPS) is 17.4. The predicted octanol–water partition coefficient (Wildman–Crippen LogP) is 2.60. The summed E-state index contributed by atoms with van der Waals surface area (Å²) in [4.78, 5) is 8.64. The first-order valence-electron chi connectivity index (χ1n) is 6.31. The summed E-state index contributed by atoms with van der Waals surface area (Å²) in [5, 5.41) is 0. The van der Waals surface area contributed by atoms with Gasteiger partial charge in [-0.3, -0.25) is 4.98 Å². The number of aromatic nitrogens is 3. The minimum absolute atomic E-state index is 0.442. The number of alkyl halides is 1. The molecule has 96 valence electrons. The predicted molar refractivity (Wildman–Crippen MR) is 70.6 cm³/mol. The molecule has 1 aliphatic rings. The highest BCUT2D eigenvalue weighted by Crippen LogP contribution is 2.22. The molecule has 0 saturated carbocycles. The number of pyridine rings is 1. The average molecular weight is 266 g/mol. The van der Waals surface area contributed by atoms with Crippen molar-refractivity contribution in [3.8, 4) is 0 Å². The van der Waals surface area contributed by atoms with Crippen molar-refractivity contribution in [1.29, 1.82) is 0 Å². The van der Waals surface area contributed by atoms with Crippen LogP contribution in [0.4, 0.5) is 0 Å². The Kier molecular flexibility index (Phi) is 3.48. The maximum Gasteiger partial charge on any atom is 0.124 e. The maximum absolute atomic E-state index is 5.99. The second-order valence-electron chi connectivity index (χ2n) is 4.69. The Morgan fingerprint density at radius 3 is 3.00 bits per heavy atom. The zero-order valence-electron chi connectivity index (χ0n) is 10.2. The number of hydrogen-bond acceptors (Lipinski definition) is 3. The van der Waals surface area contributed by atoms with Crippen LogP contribution in [0.2, 0.25) is 0 Å². The Morgan fingerprint density at radius 1 is 1.39 bits per heavy atom. The molecule has 0 bridgehead atoms. The molecule has 18 heavy (non-hydrogen) atoms. The number of hydrogen-bond donors (Lipinski definition) is 0. The smallest absolute Gasteiger partial charge is 0.124 e. The first-order chi connectivity index (χ1) is 8.88. The zero-order valence-corrected chi connectivity index (χ0v) is 10.9. The summed E-state index contributed by atoms with van der Waals surface area (Å²) >= 11 is 5.99. The van der Waals surface area contributed by atoms with Crippen LogP contribution in [-0.2, 0) is 17.2 Å². The van der Waals surface area contributed by atoms with Crippen molar-refractivity contribution < 1.29 is 4.74 Å². The molecule has 0 amide bonds.